The number of fused-ring (bicyclic) bond motifs is 4. The number of primary amides is 1. The molecule has 3 atom stereocenters. The molecule has 2 aliphatic rings. The van der Waals surface area contributed by atoms with Crippen LogP contribution in [0.1, 0.15) is 98.0 Å². The number of alkyl halides is 3. The third-order valence-corrected chi connectivity index (χ3v) is 23.8. The van der Waals surface area contributed by atoms with Crippen LogP contribution in [0.2, 0.25) is 5.02 Å². The number of methoxy groups -OCH3 is 2. The summed E-state index contributed by atoms with van der Waals surface area (Å²) in [6.07, 6.45) is -4.47. The first-order valence-electron chi connectivity index (χ1n) is 42.4. The number of halogens is 5. The van der Waals surface area contributed by atoms with Crippen molar-refractivity contribution >= 4 is 80.8 Å². The molecule has 0 bridgehead atoms. The number of hydrogen-bond acceptors (Lipinski definition) is 22. The highest BCUT2D eigenvalue weighted by Gasteiger charge is 2.37. The minimum atomic E-state index is -5.19. The van der Waals surface area contributed by atoms with Gasteiger partial charge in [-0.1, -0.05) is 141 Å². The maximum atomic E-state index is 14.8. The quantitative estimate of drug-likeness (QED) is 0.00810. The van der Waals surface area contributed by atoms with Crippen LogP contribution in [0.5, 0.6) is 28.9 Å². The van der Waals surface area contributed by atoms with Gasteiger partial charge in [0.2, 0.25) is 23.8 Å². The molecule has 1 fully saturated rings. The van der Waals surface area contributed by atoms with Crippen molar-refractivity contribution in [2.75, 3.05) is 86.1 Å². The molecule has 1 aliphatic heterocycles. The van der Waals surface area contributed by atoms with Crippen molar-refractivity contribution in [3.05, 3.63) is 250 Å². The fourth-order valence-electron chi connectivity index (χ4n) is 15.3. The molecule has 6 N–H and O–H groups in total. The van der Waals surface area contributed by atoms with Gasteiger partial charge in [0, 0.05) is 80.0 Å². The number of amides is 6. The van der Waals surface area contributed by atoms with Crippen LogP contribution < -0.4 is 55.8 Å². The lowest BCUT2D eigenvalue weighted by molar-refractivity contribution is -0.926. The van der Waals surface area contributed by atoms with Gasteiger partial charge in [-0.25, -0.2) is 43.5 Å². The molecule has 0 unspecified atom stereocenters. The minimum Gasteiger partial charge on any atom is -0.542 e. The number of likely N-dealkylation sites (N-methyl/N-ethyl adjacent to an activating group) is 1. The van der Waals surface area contributed by atoms with Gasteiger partial charge in [0.15, 0.2) is 5.82 Å². The molecule has 688 valence electrons. The minimum absolute atomic E-state index is 0.0275. The average Bonchev–Trinajstić information content (AvgIpc) is 1.58. The van der Waals surface area contributed by atoms with E-state index in [9.17, 15) is 46.3 Å². The number of nitrogens with zero attached hydrogens (tertiary/aromatic N) is 7. The second-order valence-corrected chi connectivity index (χ2v) is 34.5. The Kier molecular flexibility index (Phi) is 32.2. The molecule has 1 saturated heterocycles. The van der Waals surface area contributed by atoms with Crippen molar-refractivity contribution in [2.45, 2.75) is 123 Å². The third kappa shape index (κ3) is 25.5. The van der Waals surface area contributed by atoms with Crippen molar-refractivity contribution in [3.63, 3.8) is 0 Å². The second-order valence-electron chi connectivity index (χ2n) is 33.2. The van der Waals surface area contributed by atoms with Gasteiger partial charge < -0.3 is 84.2 Å². The first kappa shape index (κ1) is 96.6. The number of carboxylic acids is 1. The Hall–Kier alpha value is -13.5. The lowest BCUT2D eigenvalue weighted by Crippen LogP contribution is -2.57. The molecule has 0 saturated carbocycles. The third-order valence-electron chi connectivity index (χ3n) is 22.2. The summed E-state index contributed by atoms with van der Waals surface area (Å²) >= 11 is 8.81. The molecular formula is C97H103ClF4N12O16S. The number of rotatable bonds is 35. The number of aromatic nitrogens is 4. The maximum absolute atomic E-state index is 14.8. The second kappa shape index (κ2) is 43.7. The molecule has 0 spiro atoms. The van der Waals surface area contributed by atoms with Crippen LogP contribution in [0.25, 0.3) is 54.3 Å². The van der Waals surface area contributed by atoms with Gasteiger partial charge in [-0.15, -0.1) is 11.3 Å². The standard InChI is InChI=1S/C95H102ClFN12O14S.C2HF3O2/c1-58(2)84(106-93(114)123-95(4,5)6)88(111)105-76(26-19-42-100-92(98)113)87(110)104-66-36-33-63(64(50-66)52-107(7)94(115)121-56-75-72-23-14-12-21-70(72)71-22-13-15-24-73(71)75)53-109(8)47-44-108(45-48-109)46-49-118-79-40-39-69(59(3)83(79)96)81-82-89(101-57-102-90(82)124-85(81)61-31-34-65(97)35-32-61)122-80(91(112)120-54-60-29-37-68(116-9)38-30-60)51-62-20-11-17-27-77(62)119-55-67-41-43-99-86(103-67)74-25-16-18-28-78(74)117-10;3-2(4,5)1(6)7/h11-18,20-25,27-41,43,50,57-58,75-76,80,84H,19,26,42,44-49,51-56H2,1-10H3,(H5-,98,100,104,105,106,110,111,113,114);(H,6,7)/t76-,80+,84-;/m0./s1. The number of thiophene rings is 1. The molecular weight excluding hydrogens is 1730 g/mol. The Morgan fingerprint density at radius 2 is 1.39 bits per heavy atom. The van der Waals surface area contributed by atoms with Crippen molar-refractivity contribution in [1.82, 2.24) is 45.7 Å². The Morgan fingerprint density at radius 1 is 0.725 bits per heavy atom. The smallest absolute Gasteiger partial charge is 0.430 e. The molecule has 34 heteroatoms. The van der Waals surface area contributed by atoms with Crippen LogP contribution in [0, 0.1) is 18.7 Å². The van der Waals surface area contributed by atoms with E-state index in [0.29, 0.717) is 131 Å². The molecule has 4 heterocycles. The van der Waals surface area contributed by atoms with Crippen LogP contribution >= 0.6 is 22.9 Å². The highest BCUT2D eigenvalue weighted by molar-refractivity contribution is 7.22. The van der Waals surface area contributed by atoms with E-state index >= 15 is 0 Å². The summed E-state index contributed by atoms with van der Waals surface area (Å²) in [5.41, 5.74) is 16.3. The number of carbonyl (C=O) groups excluding carboxylic acids is 7. The zero-order valence-corrected chi connectivity index (χ0v) is 75.6. The first-order valence-corrected chi connectivity index (χ1v) is 43.6. The number of para-hydroxylation sites is 2. The molecule has 13 rings (SSSR count). The number of quaternary nitrogens is 1. The van der Waals surface area contributed by atoms with Crippen molar-refractivity contribution < 1.29 is 98.6 Å². The van der Waals surface area contributed by atoms with E-state index in [0.717, 1.165) is 52.0 Å². The number of benzene rings is 8. The summed E-state index contributed by atoms with van der Waals surface area (Å²) in [5.74, 6) is -3.12. The summed E-state index contributed by atoms with van der Waals surface area (Å²) in [5, 5.41) is 20.7. The zero-order valence-electron chi connectivity index (χ0n) is 74.0. The Labute approximate surface area is 764 Å². The number of alkyl carbamates (subject to hydrolysis) is 1. The molecule has 8 aromatic carbocycles. The maximum Gasteiger partial charge on any atom is 0.430 e. The van der Waals surface area contributed by atoms with E-state index in [-0.39, 0.29) is 64.0 Å². The SMILES string of the molecule is COc1ccc(COC(=O)[C@@H](Cc2ccccc2OCc2ccnc(-c3ccccc3OC)n2)Oc2ncnc3sc(-c4ccc(F)cc4)c(-c4ccc(OCCN5CC[N+](C)(Cc6ccc(NC(=O)[C@H](CCCNC(N)=O)NC(=O)[C@@H](NC(=O)OC(C)(C)C)C(C)C)cc6CN(C)C(=O)OCC6c7ccccc7-c7ccccc76)CC5)c(Cl)c4C)c23)cc1.O=C([O-])C(F)(F)F. The monoisotopic (exact) mass is 1830 g/mol. The van der Waals surface area contributed by atoms with E-state index in [2.05, 4.69) is 62.5 Å². The van der Waals surface area contributed by atoms with E-state index in [1.165, 1.54) is 34.7 Å². The Morgan fingerprint density at radius 3 is 2.05 bits per heavy atom. The lowest BCUT2D eigenvalue weighted by Gasteiger charge is -2.42. The topological polar surface area (TPSA) is 349 Å². The van der Waals surface area contributed by atoms with Crippen LogP contribution in [-0.2, 0) is 66.1 Å². The Bertz CT molecular complexity index is 5850. The highest BCUT2D eigenvalue weighted by Crippen LogP contribution is 2.50. The summed E-state index contributed by atoms with van der Waals surface area (Å²) in [4.78, 5) is 115. The number of carbonyl (C=O) groups is 7. The molecule has 28 nitrogen and oxygen atoms in total. The number of nitrogens with two attached hydrogens (primary N) is 1. The number of carboxylic acid groups (broad SMARTS) is 1. The number of ether oxygens (including phenoxy) is 8. The van der Waals surface area contributed by atoms with Gasteiger partial charge in [0.25, 0.3) is 0 Å². The number of urea groups is 1. The van der Waals surface area contributed by atoms with Crippen LogP contribution in [0.4, 0.5) is 37.6 Å². The van der Waals surface area contributed by atoms with Crippen LogP contribution in [0.3, 0.4) is 0 Å². The molecule has 1 aliphatic carbocycles. The Balaban J connectivity index is 0.00000213. The molecule has 3 aromatic heterocycles. The fraction of sp³-hybridized carbons (Fsp3) is 0.330. The van der Waals surface area contributed by atoms with Gasteiger partial charge in [-0.2, -0.15) is 13.2 Å². The predicted molar refractivity (Wildman–Crippen MR) is 485 cm³/mol. The van der Waals surface area contributed by atoms with Crippen molar-refractivity contribution in [3.8, 4) is 73.0 Å². The number of esters is 1. The van der Waals surface area contributed by atoms with E-state index in [1.807, 2.05) is 116 Å². The average molecular weight is 1840 g/mol. The van der Waals surface area contributed by atoms with Gasteiger partial charge >= 0.3 is 30.4 Å². The summed E-state index contributed by atoms with van der Waals surface area (Å²) in [6, 6.07) is 52.7. The first-order chi connectivity index (χ1) is 62.6. The van der Waals surface area contributed by atoms with E-state index in [1.54, 1.807) is 98.5 Å². The van der Waals surface area contributed by atoms with Crippen molar-refractivity contribution in [1.29, 1.82) is 0 Å². The van der Waals surface area contributed by atoms with Gasteiger partial charge in [-0.3, -0.25) is 14.5 Å². The summed E-state index contributed by atoms with van der Waals surface area (Å²) < 4.78 is 95.8. The van der Waals surface area contributed by atoms with E-state index < -0.39 is 83.7 Å². The largest absolute Gasteiger partial charge is 0.542 e. The summed E-state index contributed by atoms with van der Waals surface area (Å²) in [7, 11) is 7.05. The van der Waals surface area contributed by atoms with E-state index in [4.69, 9.17) is 80.1 Å². The van der Waals surface area contributed by atoms with Crippen LogP contribution in [0.15, 0.2) is 195 Å². The molecule has 0 radical (unpaired) electrons. The predicted octanol–water partition coefficient (Wildman–Crippen LogP) is 15.4. The summed E-state index contributed by atoms with van der Waals surface area (Å²) in [6.45, 7) is 15.2. The van der Waals surface area contributed by atoms with Crippen molar-refractivity contribution in [2.24, 2.45) is 11.7 Å². The molecule has 6 amide bonds. The van der Waals surface area contributed by atoms with Gasteiger partial charge in [0.1, 0.15) is 96.6 Å². The number of piperazine rings is 1. The fourth-order valence-corrected chi connectivity index (χ4v) is 16.7. The number of anilines is 1. The lowest BCUT2D eigenvalue weighted by atomic mass is 9.96. The highest BCUT2D eigenvalue weighted by atomic mass is 35.5. The molecule has 131 heavy (non-hydrogen) atoms. The van der Waals surface area contributed by atoms with Gasteiger partial charge in [0.05, 0.1) is 56.0 Å². The number of nitrogens with one attached hydrogen (secondary N) is 4. The number of aliphatic carboxylic acids is 1. The zero-order chi connectivity index (χ0) is 93.8. The normalized spacial score (nSPS) is 13.6. The van der Waals surface area contributed by atoms with Gasteiger partial charge in [-0.05, 0) is 169 Å². The molecule has 11 aromatic rings. The number of hydrogen-bond donors (Lipinski definition) is 5. The van der Waals surface area contributed by atoms with Crippen LogP contribution in [-0.4, -0.2) is 187 Å².